The maximum absolute atomic E-state index is 12.1. The molecule has 1 aromatic rings. The quantitative estimate of drug-likeness (QED) is 0.891. The lowest BCUT2D eigenvalue weighted by atomic mass is 10.1. The van der Waals surface area contributed by atoms with Gasteiger partial charge in [-0.15, -0.1) is 13.2 Å². The molecular weight excluding hydrogens is 237 g/mol. The van der Waals surface area contributed by atoms with Crippen LogP contribution >= 0.6 is 0 Å². The molecule has 0 atom stereocenters. The number of carbonyl (C=O) groups is 1. The van der Waals surface area contributed by atoms with Crippen LogP contribution in [0.3, 0.4) is 0 Å². The first-order valence-corrected chi connectivity index (χ1v) is 5.00. The van der Waals surface area contributed by atoms with E-state index < -0.39 is 23.6 Å². The smallest absolute Gasteiger partial charge is 0.478 e. The molecule has 3 nitrogen and oxygen atoms in total. The van der Waals surface area contributed by atoms with Gasteiger partial charge in [0.05, 0.1) is 0 Å². The normalized spacial score (nSPS) is 15.7. The summed E-state index contributed by atoms with van der Waals surface area (Å²) in [5.41, 5.74) is 0.209. The summed E-state index contributed by atoms with van der Waals surface area (Å²) >= 11 is 0. The summed E-state index contributed by atoms with van der Waals surface area (Å²) in [5, 5.41) is 8.76. The van der Waals surface area contributed by atoms with Crippen LogP contribution in [0.1, 0.15) is 34.7 Å². The van der Waals surface area contributed by atoms with Gasteiger partial charge in [-0.3, -0.25) is 0 Å². The summed E-state index contributed by atoms with van der Waals surface area (Å²) in [6.07, 6.45) is -3.05. The van der Waals surface area contributed by atoms with Crippen molar-refractivity contribution in [2.75, 3.05) is 0 Å². The molecule has 0 spiro atoms. The Bertz CT molecular complexity index is 450. The third kappa shape index (κ3) is 2.89. The highest BCUT2D eigenvalue weighted by molar-refractivity contribution is 5.91. The minimum Gasteiger partial charge on any atom is -0.478 e. The van der Waals surface area contributed by atoms with Crippen molar-refractivity contribution in [2.24, 2.45) is 0 Å². The first-order valence-electron chi connectivity index (χ1n) is 5.00. The van der Waals surface area contributed by atoms with E-state index in [1.54, 1.807) is 0 Å². The van der Waals surface area contributed by atoms with Gasteiger partial charge in [-0.1, -0.05) is 6.07 Å². The van der Waals surface area contributed by atoms with Gasteiger partial charge in [0.1, 0.15) is 11.3 Å². The number of aromatic carboxylic acids is 1. The van der Waals surface area contributed by atoms with Crippen molar-refractivity contribution in [3.05, 3.63) is 29.3 Å². The van der Waals surface area contributed by atoms with E-state index in [1.165, 1.54) is 6.07 Å². The van der Waals surface area contributed by atoms with E-state index in [2.05, 4.69) is 4.74 Å². The summed E-state index contributed by atoms with van der Waals surface area (Å²) in [4.78, 5) is 10.8. The Hall–Kier alpha value is -1.72. The Morgan fingerprint density at radius 2 is 2.00 bits per heavy atom. The van der Waals surface area contributed by atoms with Crippen LogP contribution in [0.4, 0.5) is 13.2 Å². The highest BCUT2D eigenvalue weighted by Gasteiger charge is 2.34. The Kier molecular flexibility index (Phi) is 2.73. The van der Waals surface area contributed by atoms with Gasteiger partial charge in [-0.2, -0.15) is 0 Å². The lowest BCUT2D eigenvalue weighted by Crippen LogP contribution is -2.19. The number of alkyl halides is 3. The molecule has 0 aromatic heterocycles. The van der Waals surface area contributed by atoms with Crippen molar-refractivity contribution >= 4 is 5.97 Å². The topological polar surface area (TPSA) is 46.5 Å². The number of rotatable bonds is 3. The second-order valence-electron chi connectivity index (χ2n) is 3.88. The summed E-state index contributed by atoms with van der Waals surface area (Å²) in [7, 11) is 0. The Morgan fingerprint density at radius 3 is 2.47 bits per heavy atom. The predicted octanol–water partition coefficient (Wildman–Crippen LogP) is 3.16. The zero-order valence-corrected chi connectivity index (χ0v) is 8.62. The molecule has 6 heteroatoms. The first-order chi connectivity index (χ1) is 7.87. The Balaban J connectivity index is 2.36. The van der Waals surface area contributed by atoms with Crippen molar-refractivity contribution in [2.45, 2.75) is 25.1 Å². The summed E-state index contributed by atoms with van der Waals surface area (Å²) in [6.45, 7) is 0. The predicted molar refractivity (Wildman–Crippen MR) is 52.1 cm³/mol. The first kappa shape index (κ1) is 11.8. The van der Waals surface area contributed by atoms with Crippen LogP contribution < -0.4 is 4.74 Å². The van der Waals surface area contributed by atoms with Crippen molar-refractivity contribution in [3.8, 4) is 5.75 Å². The van der Waals surface area contributed by atoms with Crippen molar-refractivity contribution < 1.29 is 27.8 Å². The largest absolute Gasteiger partial charge is 0.573 e. The zero-order valence-electron chi connectivity index (χ0n) is 8.62. The summed E-state index contributed by atoms with van der Waals surface area (Å²) < 4.78 is 40.1. The maximum Gasteiger partial charge on any atom is 0.573 e. The molecule has 0 amide bonds. The number of halogens is 3. The Morgan fingerprint density at radius 1 is 1.35 bits per heavy atom. The highest BCUT2D eigenvalue weighted by Crippen LogP contribution is 2.42. The molecule has 17 heavy (non-hydrogen) atoms. The number of hydrogen-bond donors (Lipinski definition) is 1. The van der Waals surface area contributed by atoms with Crippen LogP contribution in [0.15, 0.2) is 18.2 Å². The van der Waals surface area contributed by atoms with E-state index in [9.17, 15) is 18.0 Å². The van der Waals surface area contributed by atoms with Gasteiger partial charge >= 0.3 is 12.3 Å². The lowest BCUT2D eigenvalue weighted by Gasteiger charge is -2.12. The molecule has 1 aliphatic carbocycles. The van der Waals surface area contributed by atoms with E-state index in [4.69, 9.17) is 5.11 Å². The van der Waals surface area contributed by atoms with E-state index >= 15 is 0 Å². The number of carboxylic acid groups (broad SMARTS) is 1. The van der Waals surface area contributed by atoms with E-state index in [0.717, 1.165) is 25.0 Å². The van der Waals surface area contributed by atoms with Gasteiger partial charge in [-0.25, -0.2) is 4.79 Å². The molecule has 0 saturated heterocycles. The minimum atomic E-state index is -4.88. The minimum absolute atomic E-state index is 0.230. The summed E-state index contributed by atoms with van der Waals surface area (Å²) in [5.74, 6) is -1.85. The van der Waals surface area contributed by atoms with Gasteiger partial charge in [0.2, 0.25) is 0 Å². The number of hydrogen-bond acceptors (Lipinski definition) is 2. The van der Waals surface area contributed by atoms with Crippen molar-refractivity contribution in [1.29, 1.82) is 0 Å². The molecule has 0 aliphatic heterocycles. The molecule has 1 fully saturated rings. The Labute approximate surface area is 94.8 Å². The molecule has 1 saturated carbocycles. The second-order valence-corrected chi connectivity index (χ2v) is 3.88. The summed E-state index contributed by atoms with van der Waals surface area (Å²) in [6, 6.07) is 3.84. The number of benzene rings is 1. The molecule has 0 heterocycles. The maximum atomic E-state index is 12.1. The lowest BCUT2D eigenvalue weighted by molar-refractivity contribution is -0.274. The van der Waals surface area contributed by atoms with Crippen molar-refractivity contribution in [3.63, 3.8) is 0 Å². The van der Waals surface area contributed by atoms with Crippen LogP contribution in [-0.4, -0.2) is 17.4 Å². The van der Waals surface area contributed by atoms with Crippen LogP contribution in [0, 0.1) is 0 Å². The van der Waals surface area contributed by atoms with Gasteiger partial charge in [-0.05, 0) is 36.5 Å². The van der Waals surface area contributed by atoms with E-state index in [0.29, 0.717) is 5.56 Å². The molecule has 0 radical (unpaired) electrons. The number of carboxylic acids is 1. The highest BCUT2D eigenvalue weighted by atomic mass is 19.4. The van der Waals surface area contributed by atoms with Gasteiger partial charge in [0.25, 0.3) is 0 Å². The molecular formula is C11H9F3O3. The molecule has 0 bridgehead atoms. The zero-order chi connectivity index (χ0) is 12.6. The standard InChI is InChI=1S/C11H9F3O3/c12-11(13,14)17-9-5-7(6-1-2-6)3-4-8(9)10(15)16/h3-6H,1-2H2,(H,15,16). The molecule has 1 aromatic carbocycles. The average molecular weight is 246 g/mol. The van der Waals surface area contributed by atoms with Crippen LogP contribution in [0.2, 0.25) is 0 Å². The fraction of sp³-hybridized carbons (Fsp3) is 0.364. The fourth-order valence-corrected chi connectivity index (χ4v) is 1.60. The van der Waals surface area contributed by atoms with Crippen LogP contribution in [0.5, 0.6) is 5.75 Å². The van der Waals surface area contributed by atoms with Gasteiger partial charge in [0.15, 0.2) is 0 Å². The van der Waals surface area contributed by atoms with Crippen LogP contribution in [-0.2, 0) is 0 Å². The van der Waals surface area contributed by atoms with Gasteiger partial charge in [0, 0.05) is 0 Å². The van der Waals surface area contributed by atoms with E-state index in [1.807, 2.05) is 0 Å². The monoisotopic (exact) mass is 246 g/mol. The van der Waals surface area contributed by atoms with Crippen molar-refractivity contribution in [1.82, 2.24) is 0 Å². The SMILES string of the molecule is O=C(O)c1ccc(C2CC2)cc1OC(F)(F)F. The molecule has 92 valence electrons. The third-order valence-corrected chi connectivity index (χ3v) is 2.51. The molecule has 1 aliphatic rings. The van der Waals surface area contributed by atoms with Gasteiger partial charge < -0.3 is 9.84 Å². The van der Waals surface area contributed by atoms with E-state index in [-0.39, 0.29) is 5.92 Å². The fourth-order valence-electron chi connectivity index (χ4n) is 1.60. The molecule has 0 unspecified atom stereocenters. The molecule has 2 rings (SSSR count). The van der Waals surface area contributed by atoms with Crippen LogP contribution in [0.25, 0.3) is 0 Å². The number of ether oxygens (including phenoxy) is 1. The second kappa shape index (κ2) is 3.94. The third-order valence-electron chi connectivity index (χ3n) is 2.51. The average Bonchev–Trinajstić information content (AvgIpc) is 2.97. The molecule has 1 N–H and O–H groups in total.